The normalized spacial score (nSPS) is 10.2. The molecule has 1 aromatic carbocycles. The molecule has 0 aliphatic rings. The number of hydrogen-bond acceptors (Lipinski definition) is 4. The number of carbonyl (C=O) groups excluding carboxylic acids is 1. The van der Waals surface area contributed by atoms with E-state index >= 15 is 0 Å². The van der Waals surface area contributed by atoms with Crippen molar-refractivity contribution in [1.82, 2.24) is 10.2 Å². The van der Waals surface area contributed by atoms with E-state index in [1.54, 1.807) is 31.3 Å². The second-order valence-corrected chi connectivity index (χ2v) is 5.34. The van der Waals surface area contributed by atoms with Crippen molar-refractivity contribution in [2.75, 3.05) is 17.7 Å². The van der Waals surface area contributed by atoms with Crippen molar-refractivity contribution < 1.29 is 4.79 Å². The molecule has 1 amide bonds. The molecule has 2 N–H and O–H groups in total. The minimum atomic E-state index is -0.416. The molecule has 104 valence electrons. The average Bonchev–Trinajstić information content (AvgIpc) is 2.48. The largest absolute Gasteiger partial charge is 0.372 e. The topological polar surface area (TPSA) is 66.9 Å². The maximum Gasteiger partial charge on any atom is 0.276 e. The van der Waals surface area contributed by atoms with Crippen LogP contribution in [0.1, 0.15) is 10.5 Å². The zero-order chi connectivity index (χ0) is 14.7. The van der Waals surface area contributed by atoms with Crippen molar-refractivity contribution >= 4 is 56.5 Å². The Morgan fingerprint density at radius 3 is 2.50 bits per heavy atom. The summed E-state index contributed by atoms with van der Waals surface area (Å²) >= 11 is 15.3. The standard InChI is InChI=1S/C12H9BrCl2N4O/c1-16-9-5-4-8(18-19-9)12(20)17-7-3-2-6(13)10(14)11(7)15/h2-5H,1H3,(H,16,19)(H,17,20). The van der Waals surface area contributed by atoms with E-state index in [9.17, 15) is 4.79 Å². The smallest absolute Gasteiger partial charge is 0.276 e. The van der Waals surface area contributed by atoms with Gasteiger partial charge in [-0.3, -0.25) is 4.79 Å². The van der Waals surface area contributed by atoms with E-state index in [2.05, 4.69) is 36.8 Å². The predicted molar refractivity (Wildman–Crippen MR) is 83.7 cm³/mol. The summed E-state index contributed by atoms with van der Waals surface area (Å²) in [5.41, 5.74) is 0.587. The highest BCUT2D eigenvalue weighted by Crippen LogP contribution is 2.35. The summed E-state index contributed by atoms with van der Waals surface area (Å²) in [5.74, 6) is 0.159. The van der Waals surface area contributed by atoms with Crippen molar-refractivity contribution in [2.24, 2.45) is 0 Å². The van der Waals surface area contributed by atoms with Crippen LogP contribution in [0.3, 0.4) is 0 Å². The van der Waals surface area contributed by atoms with Gasteiger partial charge in [0.1, 0.15) is 5.82 Å². The third-order valence-corrected chi connectivity index (χ3v) is 4.21. The SMILES string of the molecule is CNc1ccc(C(=O)Nc2ccc(Br)c(Cl)c2Cl)nn1. The molecular formula is C12H9BrCl2N4O. The molecule has 0 aliphatic carbocycles. The van der Waals surface area contributed by atoms with Crippen LogP contribution in [-0.4, -0.2) is 23.2 Å². The fourth-order valence-corrected chi connectivity index (χ4v) is 2.22. The molecule has 0 atom stereocenters. The first kappa shape index (κ1) is 15.0. The Morgan fingerprint density at radius 2 is 1.90 bits per heavy atom. The summed E-state index contributed by atoms with van der Waals surface area (Å²) in [6.07, 6.45) is 0. The number of amides is 1. The molecule has 0 bridgehead atoms. The monoisotopic (exact) mass is 374 g/mol. The summed E-state index contributed by atoms with van der Waals surface area (Å²) in [7, 11) is 1.72. The number of anilines is 2. The van der Waals surface area contributed by atoms with E-state index in [0.29, 0.717) is 21.0 Å². The maximum atomic E-state index is 12.0. The number of nitrogens with zero attached hydrogens (tertiary/aromatic N) is 2. The minimum absolute atomic E-state index is 0.180. The first-order valence-electron chi connectivity index (χ1n) is 5.49. The average molecular weight is 376 g/mol. The molecule has 20 heavy (non-hydrogen) atoms. The highest BCUT2D eigenvalue weighted by Gasteiger charge is 2.13. The van der Waals surface area contributed by atoms with Crippen molar-refractivity contribution in [2.45, 2.75) is 0 Å². The number of nitrogens with one attached hydrogen (secondary N) is 2. The number of benzene rings is 1. The summed E-state index contributed by atoms with van der Waals surface area (Å²) in [4.78, 5) is 12.0. The van der Waals surface area contributed by atoms with Gasteiger partial charge in [-0.1, -0.05) is 23.2 Å². The van der Waals surface area contributed by atoms with Crippen LogP contribution < -0.4 is 10.6 Å². The Kier molecular flexibility index (Phi) is 4.80. The lowest BCUT2D eigenvalue weighted by atomic mass is 10.3. The molecule has 0 spiro atoms. The van der Waals surface area contributed by atoms with E-state index in [1.165, 1.54) is 0 Å². The molecule has 2 aromatic rings. The van der Waals surface area contributed by atoms with Crippen LogP contribution in [0, 0.1) is 0 Å². The van der Waals surface area contributed by atoms with Crippen LogP contribution >= 0.6 is 39.1 Å². The molecular weight excluding hydrogens is 367 g/mol. The lowest BCUT2D eigenvalue weighted by Gasteiger charge is -2.09. The fourth-order valence-electron chi connectivity index (χ4n) is 1.40. The molecule has 0 saturated heterocycles. The lowest BCUT2D eigenvalue weighted by molar-refractivity contribution is 0.102. The van der Waals surface area contributed by atoms with E-state index in [4.69, 9.17) is 23.2 Å². The zero-order valence-corrected chi connectivity index (χ0v) is 13.3. The Labute approximate surface area is 133 Å². The molecule has 2 rings (SSSR count). The van der Waals surface area contributed by atoms with Crippen LogP contribution in [0.2, 0.25) is 10.0 Å². The highest BCUT2D eigenvalue weighted by molar-refractivity contribution is 9.10. The molecule has 0 aliphatic heterocycles. The first-order chi connectivity index (χ1) is 9.52. The van der Waals surface area contributed by atoms with E-state index in [0.717, 1.165) is 0 Å². The Balaban J connectivity index is 2.21. The van der Waals surface area contributed by atoms with E-state index < -0.39 is 5.91 Å². The molecule has 0 fully saturated rings. The molecule has 0 unspecified atom stereocenters. The van der Waals surface area contributed by atoms with Gasteiger partial charge in [-0.25, -0.2) is 0 Å². The van der Waals surface area contributed by atoms with Crippen LogP contribution in [0.5, 0.6) is 0 Å². The van der Waals surface area contributed by atoms with Gasteiger partial charge in [0, 0.05) is 11.5 Å². The van der Waals surface area contributed by atoms with Crippen LogP contribution in [0.4, 0.5) is 11.5 Å². The maximum absolute atomic E-state index is 12.0. The highest BCUT2D eigenvalue weighted by atomic mass is 79.9. The van der Waals surface area contributed by atoms with Gasteiger partial charge in [-0.05, 0) is 40.2 Å². The number of halogens is 3. The van der Waals surface area contributed by atoms with Crippen molar-refractivity contribution in [3.05, 3.63) is 44.5 Å². The number of hydrogen-bond donors (Lipinski definition) is 2. The molecule has 5 nitrogen and oxygen atoms in total. The van der Waals surface area contributed by atoms with Gasteiger partial charge < -0.3 is 10.6 Å². The summed E-state index contributed by atoms with van der Waals surface area (Å²) in [6.45, 7) is 0. The third-order valence-electron chi connectivity index (χ3n) is 2.44. The number of carbonyl (C=O) groups is 1. The van der Waals surface area contributed by atoms with Gasteiger partial charge in [0.2, 0.25) is 0 Å². The van der Waals surface area contributed by atoms with Gasteiger partial charge in [-0.15, -0.1) is 10.2 Å². The summed E-state index contributed by atoms with van der Waals surface area (Å²) < 4.78 is 0.653. The molecule has 8 heteroatoms. The van der Waals surface area contributed by atoms with Crippen LogP contribution in [0.15, 0.2) is 28.7 Å². The quantitative estimate of drug-likeness (QED) is 0.800. The number of rotatable bonds is 3. The van der Waals surface area contributed by atoms with Gasteiger partial charge in [0.05, 0.1) is 15.7 Å². The van der Waals surface area contributed by atoms with Crippen molar-refractivity contribution in [1.29, 1.82) is 0 Å². The van der Waals surface area contributed by atoms with E-state index in [-0.39, 0.29) is 10.7 Å². The minimum Gasteiger partial charge on any atom is -0.372 e. The van der Waals surface area contributed by atoms with Crippen LogP contribution in [-0.2, 0) is 0 Å². The summed E-state index contributed by atoms with van der Waals surface area (Å²) in [5, 5.41) is 13.7. The van der Waals surface area contributed by atoms with Crippen molar-refractivity contribution in [3.63, 3.8) is 0 Å². The lowest BCUT2D eigenvalue weighted by Crippen LogP contribution is -2.15. The Bertz CT molecular complexity index is 649. The molecule has 1 heterocycles. The fraction of sp³-hybridized carbons (Fsp3) is 0.0833. The first-order valence-corrected chi connectivity index (χ1v) is 7.04. The number of aromatic nitrogens is 2. The summed E-state index contributed by atoms with van der Waals surface area (Å²) in [6, 6.07) is 6.55. The second-order valence-electron chi connectivity index (χ2n) is 3.73. The van der Waals surface area contributed by atoms with Crippen molar-refractivity contribution in [3.8, 4) is 0 Å². The van der Waals surface area contributed by atoms with Gasteiger partial charge in [0.15, 0.2) is 5.69 Å². The molecule has 1 aromatic heterocycles. The van der Waals surface area contributed by atoms with Crippen LogP contribution in [0.25, 0.3) is 0 Å². The third kappa shape index (κ3) is 3.20. The van der Waals surface area contributed by atoms with E-state index in [1.807, 2.05) is 0 Å². The van der Waals surface area contributed by atoms with Gasteiger partial charge in [0.25, 0.3) is 5.91 Å². The van der Waals surface area contributed by atoms with Gasteiger partial charge >= 0.3 is 0 Å². The van der Waals surface area contributed by atoms with Gasteiger partial charge in [-0.2, -0.15) is 0 Å². The predicted octanol–water partition coefficient (Wildman–Crippen LogP) is 3.84. The molecule has 0 saturated carbocycles. The molecule has 0 radical (unpaired) electrons. The second kappa shape index (κ2) is 6.39. The Hall–Kier alpha value is -1.37. The zero-order valence-electron chi connectivity index (χ0n) is 10.2. The Morgan fingerprint density at radius 1 is 1.15 bits per heavy atom.